The Morgan fingerprint density at radius 1 is 1.14 bits per heavy atom. The van der Waals surface area contributed by atoms with Crippen LogP contribution >= 0.6 is 0 Å². The van der Waals surface area contributed by atoms with Crippen LogP contribution in [0.25, 0.3) is 11.5 Å². The molecule has 1 saturated carbocycles. The number of nitrogens with zero attached hydrogens (tertiary/aromatic N) is 5. The van der Waals surface area contributed by atoms with Crippen LogP contribution in [-0.2, 0) is 6.18 Å². The van der Waals surface area contributed by atoms with E-state index in [1.165, 1.54) is 12.1 Å². The maximum Gasteiger partial charge on any atom is 0.433 e. The molecule has 10 heteroatoms. The van der Waals surface area contributed by atoms with Crippen LogP contribution in [0.5, 0.6) is 0 Å². The van der Waals surface area contributed by atoms with Crippen LogP contribution in [0.2, 0.25) is 0 Å². The lowest BCUT2D eigenvalue weighted by Crippen LogP contribution is -2.24. The molecule has 1 fully saturated rings. The molecule has 2 N–H and O–H groups in total. The summed E-state index contributed by atoms with van der Waals surface area (Å²) in [6.07, 6.45) is -2.34. The lowest BCUT2D eigenvalue weighted by molar-refractivity contribution is -0.141. The van der Waals surface area contributed by atoms with Crippen molar-refractivity contribution in [1.82, 2.24) is 19.9 Å². The average Bonchev–Trinajstić information content (AvgIpc) is 3.51. The zero-order valence-corrected chi connectivity index (χ0v) is 16.4. The number of alkyl halides is 3. The Bertz CT molecular complexity index is 917. The number of rotatable bonds is 7. The summed E-state index contributed by atoms with van der Waals surface area (Å²) in [4.78, 5) is 16.5. The van der Waals surface area contributed by atoms with Gasteiger partial charge in [0.15, 0.2) is 5.82 Å². The molecule has 0 amide bonds. The van der Waals surface area contributed by atoms with Gasteiger partial charge in [-0.05, 0) is 51.7 Å². The number of aromatic nitrogens is 4. The van der Waals surface area contributed by atoms with Gasteiger partial charge in [0.25, 0.3) is 0 Å². The van der Waals surface area contributed by atoms with E-state index >= 15 is 0 Å². The molecule has 2 aromatic rings. The largest absolute Gasteiger partial charge is 0.433 e. The SMILES string of the molecule is CC(Nc1nc(NCC(C)(C)C#N)nc(-c2cccc(C(F)(F)F)n2)n1)C1CC1. The van der Waals surface area contributed by atoms with Crippen LogP contribution in [0, 0.1) is 22.7 Å². The van der Waals surface area contributed by atoms with Crippen molar-refractivity contribution >= 4 is 11.9 Å². The molecule has 0 spiro atoms. The molecule has 1 aliphatic carbocycles. The van der Waals surface area contributed by atoms with E-state index in [-0.39, 0.29) is 36.0 Å². The van der Waals surface area contributed by atoms with Gasteiger partial charge in [0.1, 0.15) is 11.4 Å². The van der Waals surface area contributed by atoms with Crippen molar-refractivity contribution in [3.05, 3.63) is 23.9 Å². The fourth-order valence-electron chi connectivity index (χ4n) is 2.61. The summed E-state index contributed by atoms with van der Waals surface area (Å²) in [7, 11) is 0. The number of hydrogen-bond donors (Lipinski definition) is 2. The van der Waals surface area contributed by atoms with Crippen LogP contribution in [-0.4, -0.2) is 32.5 Å². The first-order chi connectivity index (χ1) is 13.6. The molecule has 1 unspecified atom stereocenters. The van der Waals surface area contributed by atoms with E-state index in [9.17, 15) is 18.4 Å². The van der Waals surface area contributed by atoms with Crippen molar-refractivity contribution in [3.8, 4) is 17.6 Å². The van der Waals surface area contributed by atoms with E-state index in [1.807, 2.05) is 6.92 Å². The van der Waals surface area contributed by atoms with Crippen LogP contribution in [0.15, 0.2) is 18.2 Å². The summed E-state index contributed by atoms with van der Waals surface area (Å²) < 4.78 is 39.1. The number of nitrogens with one attached hydrogen (secondary N) is 2. The van der Waals surface area contributed by atoms with E-state index in [0.29, 0.717) is 5.92 Å². The Balaban J connectivity index is 1.94. The predicted molar refractivity (Wildman–Crippen MR) is 102 cm³/mol. The lowest BCUT2D eigenvalue weighted by atomic mass is 9.96. The number of pyridine rings is 1. The van der Waals surface area contributed by atoms with Crippen molar-refractivity contribution in [2.24, 2.45) is 11.3 Å². The molecule has 2 heterocycles. The third-order valence-electron chi connectivity index (χ3n) is 4.58. The highest BCUT2D eigenvalue weighted by Crippen LogP contribution is 2.34. The second-order valence-electron chi connectivity index (χ2n) is 7.83. The molecule has 29 heavy (non-hydrogen) atoms. The van der Waals surface area contributed by atoms with Gasteiger partial charge in [-0.25, -0.2) is 4.98 Å². The van der Waals surface area contributed by atoms with E-state index < -0.39 is 17.3 Å². The molecule has 0 aromatic carbocycles. The minimum atomic E-state index is -4.57. The molecular weight excluding hydrogens is 383 g/mol. The van der Waals surface area contributed by atoms with Gasteiger partial charge >= 0.3 is 6.18 Å². The van der Waals surface area contributed by atoms with Gasteiger partial charge in [-0.15, -0.1) is 0 Å². The first-order valence-corrected chi connectivity index (χ1v) is 9.30. The topological polar surface area (TPSA) is 99.4 Å². The third kappa shape index (κ3) is 5.53. The fraction of sp³-hybridized carbons (Fsp3) is 0.526. The lowest BCUT2D eigenvalue weighted by Gasteiger charge is -2.18. The molecule has 7 nitrogen and oxygen atoms in total. The number of anilines is 2. The first kappa shape index (κ1) is 20.8. The zero-order chi connectivity index (χ0) is 21.2. The minimum Gasteiger partial charge on any atom is -0.352 e. The summed E-state index contributed by atoms with van der Waals surface area (Å²) in [6, 6.07) is 5.87. The number of hydrogen-bond acceptors (Lipinski definition) is 7. The molecule has 1 atom stereocenters. The molecule has 0 saturated heterocycles. The smallest absolute Gasteiger partial charge is 0.352 e. The van der Waals surface area contributed by atoms with Crippen molar-refractivity contribution < 1.29 is 13.2 Å². The predicted octanol–water partition coefficient (Wildman–Crippen LogP) is 4.12. The third-order valence-corrected chi connectivity index (χ3v) is 4.58. The van der Waals surface area contributed by atoms with E-state index in [1.54, 1.807) is 13.8 Å². The average molecular weight is 405 g/mol. The summed E-state index contributed by atoms with van der Waals surface area (Å²) in [5.41, 5.74) is -1.70. The fourth-order valence-corrected chi connectivity index (χ4v) is 2.61. The molecule has 3 rings (SSSR count). The van der Waals surface area contributed by atoms with Gasteiger partial charge in [0.05, 0.1) is 11.5 Å². The molecule has 154 valence electrons. The maximum atomic E-state index is 13.0. The van der Waals surface area contributed by atoms with E-state index in [0.717, 1.165) is 18.9 Å². The van der Waals surface area contributed by atoms with E-state index in [4.69, 9.17) is 0 Å². The highest BCUT2D eigenvalue weighted by Gasteiger charge is 2.33. The Labute approximate surface area is 166 Å². The van der Waals surface area contributed by atoms with Gasteiger partial charge < -0.3 is 10.6 Å². The summed E-state index contributed by atoms with van der Waals surface area (Å²) in [6.45, 7) is 5.78. The molecule has 0 bridgehead atoms. The van der Waals surface area contributed by atoms with Gasteiger partial charge in [-0.3, -0.25) is 0 Å². The van der Waals surface area contributed by atoms with Crippen LogP contribution in [0.3, 0.4) is 0 Å². The van der Waals surface area contributed by atoms with Crippen LogP contribution in [0.1, 0.15) is 39.3 Å². The van der Waals surface area contributed by atoms with Gasteiger partial charge in [-0.1, -0.05) is 6.07 Å². The highest BCUT2D eigenvalue weighted by atomic mass is 19.4. The van der Waals surface area contributed by atoms with Crippen LogP contribution < -0.4 is 10.6 Å². The number of nitriles is 1. The van der Waals surface area contributed by atoms with Gasteiger partial charge in [0.2, 0.25) is 11.9 Å². The van der Waals surface area contributed by atoms with Gasteiger partial charge in [-0.2, -0.15) is 33.4 Å². The normalized spacial score (nSPS) is 15.5. The molecule has 0 radical (unpaired) electrons. The van der Waals surface area contributed by atoms with Crippen molar-refractivity contribution in [2.45, 2.75) is 45.8 Å². The number of halogens is 3. The van der Waals surface area contributed by atoms with Crippen molar-refractivity contribution in [2.75, 3.05) is 17.2 Å². The first-order valence-electron chi connectivity index (χ1n) is 9.30. The zero-order valence-electron chi connectivity index (χ0n) is 16.4. The molecule has 2 aromatic heterocycles. The Kier molecular flexibility index (Phi) is 5.59. The minimum absolute atomic E-state index is 0.00746. The van der Waals surface area contributed by atoms with E-state index in [2.05, 4.69) is 36.6 Å². The summed E-state index contributed by atoms with van der Waals surface area (Å²) in [5, 5.41) is 15.3. The van der Waals surface area contributed by atoms with Crippen molar-refractivity contribution in [1.29, 1.82) is 5.26 Å². The highest BCUT2D eigenvalue weighted by molar-refractivity contribution is 5.54. The summed E-state index contributed by atoms with van der Waals surface area (Å²) >= 11 is 0. The maximum absolute atomic E-state index is 13.0. The van der Waals surface area contributed by atoms with Gasteiger partial charge in [0, 0.05) is 12.6 Å². The molecule has 0 aliphatic heterocycles. The quantitative estimate of drug-likeness (QED) is 0.715. The Morgan fingerprint density at radius 3 is 2.45 bits per heavy atom. The molecule has 1 aliphatic rings. The standard InChI is InChI=1S/C19H22F3N7/c1-11(12-7-8-12)25-17-28-15(13-5-4-6-14(26-13)19(20,21)22)27-16(29-17)24-10-18(2,3)9-23/h4-6,11-12H,7-8,10H2,1-3H3,(H2,24,25,27,28,29). The monoisotopic (exact) mass is 405 g/mol. The second kappa shape index (κ2) is 7.81. The molecular formula is C19H22F3N7. The summed E-state index contributed by atoms with van der Waals surface area (Å²) in [5.74, 6) is 0.971. The van der Waals surface area contributed by atoms with Crippen molar-refractivity contribution in [3.63, 3.8) is 0 Å². The Morgan fingerprint density at radius 2 is 1.83 bits per heavy atom. The second-order valence-corrected chi connectivity index (χ2v) is 7.83. The van der Waals surface area contributed by atoms with Crippen LogP contribution in [0.4, 0.5) is 25.1 Å². The Hall–Kier alpha value is -2.96.